The molecule has 0 unspecified atom stereocenters. The van der Waals surface area contributed by atoms with Gasteiger partial charge in [0, 0.05) is 21.8 Å². The van der Waals surface area contributed by atoms with Crippen molar-refractivity contribution in [2.45, 2.75) is 6.92 Å². The number of aryl methyl sites for hydroxylation is 1. The summed E-state index contributed by atoms with van der Waals surface area (Å²) in [5.41, 5.74) is 2.19. The largest absolute Gasteiger partial charge is 0.373 e. The molecule has 0 bridgehead atoms. The smallest absolute Gasteiger partial charge is 0.172 e. The Hall–Kier alpha value is -1.98. The highest BCUT2D eigenvalue weighted by atomic mass is 32.1. The SMILES string of the molecule is CNc1nc(-c2cc3sccc3s2)nc2ccc(C)cc12. The van der Waals surface area contributed by atoms with Crippen molar-refractivity contribution in [3.63, 3.8) is 0 Å². The molecule has 0 aliphatic heterocycles. The van der Waals surface area contributed by atoms with Gasteiger partial charge in [0.1, 0.15) is 5.82 Å². The summed E-state index contributed by atoms with van der Waals surface area (Å²) in [6.45, 7) is 2.08. The number of aromatic nitrogens is 2. The zero-order valence-electron chi connectivity index (χ0n) is 11.7. The summed E-state index contributed by atoms with van der Waals surface area (Å²) in [5, 5.41) is 6.38. The lowest BCUT2D eigenvalue weighted by atomic mass is 10.1. The predicted molar refractivity (Wildman–Crippen MR) is 92.5 cm³/mol. The summed E-state index contributed by atoms with van der Waals surface area (Å²) in [6.07, 6.45) is 0. The van der Waals surface area contributed by atoms with Gasteiger partial charge in [0.15, 0.2) is 5.82 Å². The summed E-state index contributed by atoms with van der Waals surface area (Å²) >= 11 is 3.50. The molecular weight excluding hydrogens is 298 g/mol. The van der Waals surface area contributed by atoms with Gasteiger partial charge < -0.3 is 5.32 Å². The van der Waals surface area contributed by atoms with Crippen LogP contribution in [0.4, 0.5) is 5.82 Å². The van der Waals surface area contributed by atoms with Gasteiger partial charge >= 0.3 is 0 Å². The van der Waals surface area contributed by atoms with E-state index in [0.717, 1.165) is 27.4 Å². The van der Waals surface area contributed by atoms with Crippen molar-refractivity contribution in [1.82, 2.24) is 9.97 Å². The fraction of sp³-hybridized carbons (Fsp3) is 0.125. The number of benzene rings is 1. The minimum atomic E-state index is 0.795. The van der Waals surface area contributed by atoms with Crippen LogP contribution in [-0.2, 0) is 0 Å². The molecule has 0 saturated carbocycles. The van der Waals surface area contributed by atoms with Gasteiger partial charge in [0.2, 0.25) is 0 Å². The molecule has 1 N–H and O–H groups in total. The minimum absolute atomic E-state index is 0.795. The molecule has 3 nitrogen and oxygen atoms in total. The Morgan fingerprint density at radius 1 is 1.05 bits per heavy atom. The lowest BCUT2D eigenvalue weighted by Gasteiger charge is -2.07. The number of rotatable bonds is 2. The molecule has 0 spiro atoms. The van der Waals surface area contributed by atoms with Crippen molar-refractivity contribution in [3.05, 3.63) is 41.3 Å². The number of anilines is 1. The maximum Gasteiger partial charge on any atom is 0.172 e. The van der Waals surface area contributed by atoms with Crippen LogP contribution in [0.5, 0.6) is 0 Å². The molecule has 0 atom stereocenters. The molecule has 21 heavy (non-hydrogen) atoms. The Morgan fingerprint density at radius 3 is 2.76 bits per heavy atom. The van der Waals surface area contributed by atoms with E-state index in [-0.39, 0.29) is 0 Å². The average molecular weight is 311 g/mol. The van der Waals surface area contributed by atoms with Gasteiger partial charge in [-0.3, -0.25) is 0 Å². The number of nitrogens with zero attached hydrogens (tertiary/aromatic N) is 2. The summed E-state index contributed by atoms with van der Waals surface area (Å²) in [4.78, 5) is 10.6. The van der Waals surface area contributed by atoms with E-state index in [1.54, 1.807) is 22.7 Å². The average Bonchev–Trinajstić information content (AvgIpc) is 3.07. The quantitative estimate of drug-likeness (QED) is 0.571. The van der Waals surface area contributed by atoms with Crippen LogP contribution in [0, 0.1) is 6.92 Å². The maximum absolute atomic E-state index is 4.73. The maximum atomic E-state index is 4.73. The second-order valence-electron chi connectivity index (χ2n) is 4.93. The summed E-state index contributed by atoms with van der Waals surface area (Å²) in [5.74, 6) is 1.68. The van der Waals surface area contributed by atoms with Gasteiger partial charge in [-0.05, 0) is 36.6 Å². The first-order chi connectivity index (χ1) is 10.2. The number of nitrogens with one attached hydrogen (secondary N) is 1. The second-order valence-corrected chi connectivity index (χ2v) is 6.96. The lowest BCUT2D eigenvalue weighted by Crippen LogP contribution is -1.98. The van der Waals surface area contributed by atoms with E-state index in [9.17, 15) is 0 Å². The number of thiophene rings is 2. The second kappa shape index (κ2) is 4.79. The van der Waals surface area contributed by atoms with E-state index in [0.29, 0.717) is 0 Å². The molecule has 0 amide bonds. The normalized spacial score (nSPS) is 11.3. The first-order valence-corrected chi connectivity index (χ1v) is 8.38. The van der Waals surface area contributed by atoms with E-state index in [1.165, 1.54) is 15.0 Å². The molecule has 0 saturated heterocycles. The third kappa shape index (κ3) is 2.09. The molecular formula is C16H13N3S2. The van der Waals surface area contributed by atoms with Crippen molar-refractivity contribution in [3.8, 4) is 10.7 Å². The summed E-state index contributed by atoms with van der Waals surface area (Å²) < 4.78 is 2.60. The Labute approximate surface area is 130 Å². The number of hydrogen-bond acceptors (Lipinski definition) is 5. The topological polar surface area (TPSA) is 37.8 Å². The minimum Gasteiger partial charge on any atom is -0.373 e. The van der Waals surface area contributed by atoms with Crippen LogP contribution in [-0.4, -0.2) is 17.0 Å². The monoisotopic (exact) mass is 311 g/mol. The fourth-order valence-electron chi connectivity index (χ4n) is 2.42. The van der Waals surface area contributed by atoms with Gasteiger partial charge in [-0.25, -0.2) is 9.97 Å². The van der Waals surface area contributed by atoms with E-state index < -0.39 is 0 Å². The molecule has 1 aromatic carbocycles. The molecule has 0 aliphatic rings. The van der Waals surface area contributed by atoms with Gasteiger partial charge in [0.25, 0.3) is 0 Å². The molecule has 5 heteroatoms. The van der Waals surface area contributed by atoms with E-state index in [2.05, 4.69) is 48.0 Å². The molecule has 3 heterocycles. The molecule has 3 aromatic heterocycles. The Morgan fingerprint density at radius 2 is 1.95 bits per heavy atom. The van der Waals surface area contributed by atoms with Crippen LogP contribution in [0.2, 0.25) is 0 Å². The van der Waals surface area contributed by atoms with Crippen LogP contribution in [0.25, 0.3) is 31.0 Å². The molecule has 0 aliphatic carbocycles. The van der Waals surface area contributed by atoms with E-state index in [1.807, 2.05) is 7.05 Å². The van der Waals surface area contributed by atoms with E-state index >= 15 is 0 Å². The zero-order chi connectivity index (χ0) is 14.4. The molecule has 104 valence electrons. The Balaban J connectivity index is 1.96. The van der Waals surface area contributed by atoms with Crippen LogP contribution < -0.4 is 5.32 Å². The van der Waals surface area contributed by atoms with Crippen molar-refractivity contribution in [1.29, 1.82) is 0 Å². The Bertz CT molecular complexity index is 924. The highest BCUT2D eigenvalue weighted by molar-refractivity contribution is 7.28. The molecule has 4 rings (SSSR count). The lowest BCUT2D eigenvalue weighted by molar-refractivity contribution is 1.22. The van der Waals surface area contributed by atoms with Crippen molar-refractivity contribution >= 4 is 48.8 Å². The molecule has 0 radical (unpaired) electrons. The summed E-state index contributed by atoms with van der Waals surface area (Å²) in [6, 6.07) is 10.6. The van der Waals surface area contributed by atoms with Crippen LogP contribution in [0.3, 0.4) is 0 Å². The number of hydrogen-bond donors (Lipinski definition) is 1. The van der Waals surface area contributed by atoms with Crippen LogP contribution in [0.1, 0.15) is 5.56 Å². The first-order valence-electron chi connectivity index (χ1n) is 6.68. The van der Waals surface area contributed by atoms with Crippen molar-refractivity contribution in [2.24, 2.45) is 0 Å². The van der Waals surface area contributed by atoms with Gasteiger partial charge in [-0.2, -0.15) is 0 Å². The number of fused-ring (bicyclic) bond motifs is 2. The van der Waals surface area contributed by atoms with Crippen molar-refractivity contribution in [2.75, 3.05) is 12.4 Å². The Kier molecular flexibility index (Phi) is 2.90. The van der Waals surface area contributed by atoms with Crippen LogP contribution in [0.15, 0.2) is 35.7 Å². The zero-order valence-corrected chi connectivity index (χ0v) is 13.3. The highest BCUT2D eigenvalue weighted by Crippen LogP contribution is 2.36. The summed E-state index contributed by atoms with van der Waals surface area (Å²) in [7, 11) is 1.90. The van der Waals surface area contributed by atoms with Crippen molar-refractivity contribution < 1.29 is 0 Å². The third-order valence-corrected chi connectivity index (χ3v) is 5.54. The molecule has 0 fully saturated rings. The van der Waals surface area contributed by atoms with Gasteiger partial charge in [0.05, 0.1) is 10.4 Å². The molecule has 4 aromatic rings. The van der Waals surface area contributed by atoms with Crippen LogP contribution >= 0.6 is 22.7 Å². The predicted octanol–water partition coefficient (Wildman–Crippen LogP) is 4.92. The van der Waals surface area contributed by atoms with Gasteiger partial charge in [-0.1, -0.05) is 11.6 Å². The van der Waals surface area contributed by atoms with Gasteiger partial charge in [-0.15, -0.1) is 22.7 Å². The first kappa shape index (κ1) is 12.7. The van der Waals surface area contributed by atoms with E-state index in [4.69, 9.17) is 9.97 Å². The third-order valence-electron chi connectivity index (χ3n) is 3.45. The highest BCUT2D eigenvalue weighted by Gasteiger charge is 2.12. The standard InChI is InChI=1S/C16H13N3S2/c1-9-3-4-11-10(7-9)15(17-2)19-16(18-11)14-8-13-12(21-14)5-6-20-13/h3-8H,1-2H3,(H,17,18,19). The fourth-order valence-corrected chi connectivity index (χ4v) is 4.46.